The quantitative estimate of drug-likeness (QED) is 0.326. The van der Waals surface area contributed by atoms with Gasteiger partial charge in [-0.25, -0.2) is 4.98 Å². The summed E-state index contributed by atoms with van der Waals surface area (Å²) in [7, 11) is 0. The zero-order valence-corrected chi connectivity index (χ0v) is 17.6. The number of aromatic nitrogens is 1. The minimum Gasteiger partial charge on any atom is -0.437 e. The molecule has 5 rings (SSSR count). The predicted molar refractivity (Wildman–Crippen MR) is 120 cm³/mol. The Balaban J connectivity index is 1.48. The first-order chi connectivity index (χ1) is 13.7. The molecule has 1 aromatic heterocycles. The topological polar surface area (TPSA) is 29.3 Å². The SMILES string of the molecule is CCN1c2ccc(Br)cc2Sc2cc(/C=C/c3nc4ccccc4o3)ccc21. The highest BCUT2D eigenvalue weighted by atomic mass is 79.9. The van der Waals surface area contributed by atoms with Gasteiger partial charge in [-0.2, -0.15) is 0 Å². The molecule has 0 aliphatic carbocycles. The summed E-state index contributed by atoms with van der Waals surface area (Å²) in [5.74, 6) is 0.621. The van der Waals surface area contributed by atoms with Crippen molar-refractivity contribution in [1.29, 1.82) is 0 Å². The molecule has 138 valence electrons. The average Bonchev–Trinajstić information content (AvgIpc) is 3.13. The second-order valence-corrected chi connectivity index (χ2v) is 8.54. The minimum absolute atomic E-state index is 0.621. The van der Waals surface area contributed by atoms with Gasteiger partial charge in [-0.15, -0.1) is 0 Å². The fourth-order valence-electron chi connectivity index (χ4n) is 3.45. The summed E-state index contributed by atoms with van der Waals surface area (Å²) in [5, 5.41) is 0. The van der Waals surface area contributed by atoms with Crippen LogP contribution in [0.2, 0.25) is 0 Å². The lowest BCUT2D eigenvalue weighted by Gasteiger charge is -2.32. The van der Waals surface area contributed by atoms with E-state index in [9.17, 15) is 0 Å². The van der Waals surface area contributed by atoms with Crippen LogP contribution in [-0.4, -0.2) is 11.5 Å². The Bertz CT molecular complexity index is 1180. The number of oxazole rings is 1. The van der Waals surface area contributed by atoms with Crippen molar-refractivity contribution in [2.45, 2.75) is 16.7 Å². The number of hydrogen-bond donors (Lipinski definition) is 0. The van der Waals surface area contributed by atoms with Gasteiger partial charge in [0, 0.05) is 26.9 Å². The summed E-state index contributed by atoms with van der Waals surface area (Å²) in [6.45, 7) is 3.12. The van der Waals surface area contributed by atoms with Crippen molar-refractivity contribution in [1.82, 2.24) is 4.98 Å². The van der Waals surface area contributed by atoms with Crippen LogP contribution in [0, 0.1) is 0 Å². The smallest absolute Gasteiger partial charge is 0.220 e. The summed E-state index contributed by atoms with van der Waals surface area (Å²) < 4.78 is 6.88. The first-order valence-electron chi connectivity index (χ1n) is 9.14. The molecule has 0 N–H and O–H groups in total. The summed E-state index contributed by atoms with van der Waals surface area (Å²) in [4.78, 5) is 9.39. The average molecular weight is 449 g/mol. The van der Waals surface area contributed by atoms with Gasteiger partial charge in [0.1, 0.15) is 5.52 Å². The molecule has 0 fully saturated rings. The van der Waals surface area contributed by atoms with Crippen LogP contribution in [-0.2, 0) is 0 Å². The van der Waals surface area contributed by atoms with Gasteiger partial charge < -0.3 is 9.32 Å². The molecule has 4 aromatic rings. The molecule has 0 atom stereocenters. The highest BCUT2D eigenvalue weighted by Crippen LogP contribution is 2.49. The largest absolute Gasteiger partial charge is 0.437 e. The molecule has 28 heavy (non-hydrogen) atoms. The van der Waals surface area contributed by atoms with E-state index in [-0.39, 0.29) is 0 Å². The van der Waals surface area contributed by atoms with Gasteiger partial charge in [0.05, 0.1) is 11.4 Å². The normalized spacial score (nSPS) is 13.1. The van der Waals surface area contributed by atoms with Crippen LogP contribution in [0.25, 0.3) is 23.3 Å². The van der Waals surface area contributed by atoms with Crippen molar-refractivity contribution in [3.63, 3.8) is 0 Å². The van der Waals surface area contributed by atoms with Crippen LogP contribution in [0.1, 0.15) is 18.4 Å². The van der Waals surface area contributed by atoms with E-state index in [1.165, 1.54) is 21.2 Å². The summed E-state index contributed by atoms with van der Waals surface area (Å²) in [6.07, 6.45) is 3.98. The minimum atomic E-state index is 0.621. The third-order valence-electron chi connectivity index (χ3n) is 4.75. The highest BCUT2D eigenvalue weighted by Gasteiger charge is 2.22. The van der Waals surface area contributed by atoms with E-state index in [4.69, 9.17) is 4.42 Å². The number of para-hydroxylation sites is 2. The molecule has 1 aliphatic rings. The lowest BCUT2D eigenvalue weighted by atomic mass is 10.1. The molecule has 0 bridgehead atoms. The molecule has 3 nitrogen and oxygen atoms in total. The molecule has 0 radical (unpaired) electrons. The van der Waals surface area contributed by atoms with Crippen molar-refractivity contribution in [2.24, 2.45) is 0 Å². The highest BCUT2D eigenvalue weighted by molar-refractivity contribution is 9.10. The summed E-state index contributed by atoms with van der Waals surface area (Å²) in [6, 6.07) is 20.9. The number of benzene rings is 3. The fraction of sp³-hybridized carbons (Fsp3) is 0.0870. The Hall–Kier alpha value is -2.50. The predicted octanol–water partition coefficient (Wildman–Crippen LogP) is 7.38. The van der Waals surface area contributed by atoms with Crippen LogP contribution < -0.4 is 4.90 Å². The van der Waals surface area contributed by atoms with Crippen molar-refractivity contribution < 1.29 is 4.42 Å². The van der Waals surface area contributed by atoms with Crippen LogP contribution >= 0.6 is 27.7 Å². The standard InChI is InChI=1S/C23H17BrN2OS/c1-2-26-18-10-7-15(8-12-23-25-17-5-3-4-6-20(17)27-23)13-21(18)28-22-14-16(24)9-11-19(22)26/h3-14H,2H2,1H3/b12-8+. The molecule has 0 spiro atoms. The van der Waals surface area contributed by atoms with Crippen molar-refractivity contribution in [3.8, 4) is 0 Å². The van der Waals surface area contributed by atoms with Crippen LogP contribution in [0.5, 0.6) is 0 Å². The Morgan fingerprint density at radius 3 is 2.61 bits per heavy atom. The monoisotopic (exact) mass is 448 g/mol. The molecule has 3 aromatic carbocycles. The van der Waals surface area contributed by atoms with E-state index in [1.54, 1.807) is 0 Å². The molecule has 2 heterocycles. The van der Waals surface area contributed by atoms with Crippen LogP contribution in [0.3, 0.4) is 0 Å². The second kappa shape index (κ2) is 7.15. The second-order valence-electron chi connectivity index (χ2n) is 6.54. The van der Waals surface area contributed by atoms with E-state index in [0.717, 1.165) is 27.7 Å². The zero-order valence-electron chi connectivity index (χ0n) is 15.2. The summed E-state index contributed by atoms with van der Waals surface area (Å²) in [5.41, 5.74) is 5.33. The van der Waals surface area contributed by atoms with Crippen molar-refractivity contribution in [3.05, 3.63) is 76.6 Å². The maximum Gasteiger partial charge on any atom is 0.220 e. The van der Waals surface area contributed by atoms with Gasteiger partial charge in [-0.3, -0.25) is 0 Å². The maximum absolute atomic E-state index is 5.78. The van der Waals surface area contributed by atoms with E-state index in [1.807, 2.05) is 42.1 Å². The zero-order chi connectivity index (χ0) is 19.1. The van der Waals surface area contributed by atoms with Gasteiger partial charge >= 0.3 is 0 Å². The molecule has 0 saturated carbocycles. The number of fused-ring (bicyclic) bond motifs is 3. The number of halogens is 1. The Morgan fingerprint density at radius 1 is 1.00 bits per heavy atom. The van der Waals surface area contributed by atoms with E-state index < -0.39 is 0 Å². The molecule has 0 saturated heterocycles. The van der Waals surface area contributed by atoms with Crippen molar-refractivity contribution in [2.75, 3.05) is 11.4 Å². The lowest BCUT2D eigenvalue weighted by molar-refractivity contribution is 0.590. The third kappa shape index (κ3) is 3.15. The molecule has 5 heteroatoms. The van der Waals surface area contributed by atoms with Crippen molar-refractivity contribution >= 4 is 62.3 Å². The van der Waals surface area contributed by atoms with E-state index in [2.05, 4.69) is 75.2 Å². The Morgan fingerprint density at radius 2 is 1.79 bits per heavy atom. The first-order valence-corrected chi connectivity index (χ1v) is 10.7. The Labute approximate surface area is 176 Å². The fourth-order valence-corrected chi connectivity index (χ4v) is 5.15. The molecule has 1 aliphatic heterocycles. The molecular formula is C23H17BrN2OS. The molecule has 0 unspecified atom stereocenters. The first kappa shape index (κ1) is 17.6. The van der Waals surface area contributed by atoms with Gasteiger partial charge in [0.15, 0.2) is 5.58 Å². The van der Waals surface area contributed by atoms with Gasteiger partial charge in [-0.1, -0.05) is 45.9 Å². The number of anilines is 2. The number of hydrogen-bond acceptors (Lipinski definition) is 4. The van der Waals surface area contributed by atoms with Gasteiger partial charge in [0.2, 0.25) is 5.89 Å². The Kier molecular flexibility index (Phi) is 4.49. The van der Waals surface area contributed by atoms with E-state index in [0.29, 0.717) is 5.89 Å². The summed E-state index contributed by atoms with van der Waals surface area (Å²) >= 11 is 5.40. The van der Waals surface area contributed by atoms with Gasteiger partial charge in [-0.05, 0) is 61.0 Å². The lowest BCUT2D eigenvalue weighted by Crippen LogP contribution is -2.19. The maximum atomic E-state index is 5.78. The van der Waals surface area contributed by atoms with Crippen LogP contribution in [0.4, 0.5) is 11.4 Å². The van der Waals surface area contributed by atoms with E-state index >= 15 is 0 Å². The molecular weight excluding hydrogens is 432 g/mol. The number of nitrogens with zero attached hydrogens (tertiary/aromatic N) is 2. The van der Waals surface area contributed by atoms with Gasteiger partial charge in [0.25, 0.3) is 0 Å². The number of rotatable bonds is 3. The molecule has 0 amide bonds. The third-order valence-corrected chi connectivity index (χ3v) is 6.34. The van der Waals surface area contributed by atoms with Crippen LogP contribution in [0.15, 0.2) is 79.3 Å².